The molecule has 0 aliphatic carbocycles. The SMILES string of the molecule is BrC1C=NNC1. The molecule has 1 unspecified atom stereocenters. The Kier molecular flexibility index (Phi) is 1.10. The van der Waals surface area contributed by atoms with Crippen molar-refractivity contribution in [3.05, 3.63) is 0 Å². The Morgan fingerprint density at radius 3 is 3.00 bits per heavy atom. The van der Waals surface area contributed by atoms with Crippen LogP contribution in [0.2, 0.25) is 0 Å². The molecule has 0 saturated carbocycles. The van der Waals surface area contributed by atoms with Crippen molar-refractivity contribution in [3.8, 4) is 0 Å². The molecule has 1 heterocycles. The standard InChI is InChI=1S/C3H5BrN2/c4-3-1-5-6-2-3/h1,3,6H,2H2. The Balaban J connectivity index is 2.38. The molecule has 1 atom stereocenters. The minimum Gasteiger partial charge on any atom is -0.309 e. The van der Waals surface area contributed by atoms with Crippen molar-refractivity contribution < 1.29 is 0 Å². The molecule has 1 aliphatic rings. The van der Waals surface area contributed by atoms with Crippen LogP contribution in [-0.4, -0.2) is 17.6 Å². The highest BCUT2D eigenvalue weighted by Gasteiger charge is 2.01. The summed E-state index contributed by atoms with van der Waals surface area (Å²) in [6, 6.07) is 0. The van der Waals surface area contributed by atoms with Gasteiger partial charge in [-0.25, -0.2) is 0 Å². The number of hydrogen-bond acceptors (Lipinski definition) is 2. The summed E-state index contributed by atoms with van der Waals surface area (Å²) in [5.41, 5.74) is 2.79. The second-order valence-corrected chi connectivity index (χ2v) is 2.33. The maximum Gasteiger partial charge on any atom is 0.0705 e. The molecule has 1 N–H and O–H groups in total. The fraction of sp³-hybridized carbons (Fsp3) is 0.667. The van der Waals surface area contributed by atoms with Gasteiger partial charge in [0, 0.05) is 6.21 Å². The molecule has 2 nitrogen and oxygen atoms in total. The third-order valence-corrected chi connectivity index (χ3v) is 1.17. The van der Waals surface area contributed by atoms with Gasteiger partial charge in [-0.1, -0.05) is 15.9 Å². The maximum atomic E-state index is 3.74. The summed E-state index contributed by atoms with van der Waals surface area (Å²) in [6.07, 6.45) is 1.83. The Hall–Kier alpha value is -0.0500. The average Bonchev–Trinajstić information content (AvgIpc) is 1.86. The Labute approximate surface area is 44.7 Å². The summed E-state index contributed by atoms with van der Waals surface area (Å²) in [6.45, 7) is 0.931. The maximum absolute atomic E-state index is 3.74. The van der Waals surface area contributed by atoms with E-state index in [9.17, 15) is 0 Å². The van der Waals surface area contributed by atoms with Crippen LogP contribution in [0.4, 0.5) is 0 Å². The minimum absolute atomic E-state index is 0.456. The fourth-order valence-corrected chi connectivity index (χ4v) is 0.589. The molecule has 6 heavy (non-hydrogen) atoms. The lowest BCUT2D eigenvalue weighted by Crippen LogP contribution is -2.07. The largest absolute Gasteiger partial charge is 0.309 e. The molecular weight excluding hydrogens is 144 g/mol. The van der Waals surface area contributed by atoms with Crippen molar-refractivity contribution in [2.24, 2.45) is 5.10 Å². The predicted molar refractivity (Wildman–Crippen MR) is 29.2 cm³/mol. The van der Waals surface area contributed by atoms with E-state index in [1.807, 2.05) is 6.21 Å². The first-order valence-corrected chi connectivity index (χ1v) is 2.71. The van der Waals surface area contributed by atoms with Gasteiger partial charge in [0.05, 0.1) is 11.4 Å². The molecule has 1 aliphatic heterocycles. The first-order chi connectivity index (χ1) is 2.89. The van der Waals surface area contributed by atoms with E-state index in [1.54, 1.807) is 0 Å². The molecule has 0 aromatic heterocycles. The van der Waals surface area contributed by atoms with Gasteiger partial charge >= 0.3 is 0 Å². The van der Waals surface area contributed by atoms with Crippen molar-refractivity contribution in [1.29, 1.82) is 0 Å². The molecule has 0 radical (unpaired) electrons. The number of halogens is 1. The van der Waals surface area contributed by atoms with Crippen LogP contribution in [-0.2, 0) is 0 Å². The molecule has 0 fully saturated rings. The van der Waals surface area contributed by atoms with Gasteiger partial charge in [-0.05, 0) is 0 Å². The summed E-state index contributed by atoms with van der Waals surface area (Å²) >= 11 is 3.33. The first-order valence-electron chi connectivity index (χ1n) is 1.80. The molecule has 1 rings (SSSR count). The van der Waals surface area contributed by atoms with Crippen LogP contribution in [0.15, 0.2) is 5.10 Å². The number of alkyl halides is 1. The minimum atomic E-state index is 0.456. The van der Waals surface area contributed by atoms with Gasteiger partial charge in [0.15, 0.2) is 0 Å². The summed E-state index contributed by atoms with van der Waals surface area (Å²) in [7, 11) is 0. The monoisotopic (exact) mass is 148 g/mol. The third-order valence-electron chi connectivity index (χ3n) is 0.614. The van der Waals surface area contributed by atoms with Gasteiger partial charge in [-0.3, -0.25) is 0 Å². The topological polar surface area (TPSA) is 24.4 Å². The van der Waals surface area contributed by atoms with Gasteiger partial charge in [0.25, 0.3) is 0 Å². The van der Waals surface area contributed by atoms with Crippen molar-refractivity contribution in [2.45, 2.75) is 4.83 Å². The highest BCUT2D eigenvalue weighted by atomic mass is 79.9. The summed E-state index contributed by atoms with van der Waals surface area (Å²) in [5.74, 6) is 0. The predicted octanol–water partition coefficient (Wildman–Crippen LogP) is 0.339. The van der Waals surface area contributed by atoms with Gasteiger partial charge in [-0.2, -0.15) is 5.10 Å². The fourth-order valence-electron chi connectivity index (χ4n) is 0.326. The van der Waals surface area contributed by atoms with E-state index in [1.165, 1.54) is 0 Å². The zero-order chi connectivity index (χ0) is 4.41. The smallest absolute Gasteiger partial charge is 0.0705 e. The highest BCUT2D eigenvalue weighted by molar-refractivity contribution is 9.10. The molecule has 0 amide bonds. The molecule has 0 bridgehead atoms. The van der Waals surface area contributed by atoms with E-state index >= 15 is 0 Å². The molecule has 34 valence electrons. The van der Waals surface area contributed by atoms with Crippen molar-refractivity contribution in [1.82, 2.24) is 5.43 Å². The van der Waals surface area contributed by atoms with E-state index in [0.29, 0.717) is 4.83 Å². The zero-order valence-electron chi connectivity index (χ0n) is 3.19. The first kappa shape index (κ1) is 4.12. The van der Waals surface area contributed by atoms with Crippen molar-refractivity contribution in [2.75, 3.05) is 6.54 Å². The molecular formula is C3H5BrN2. The van der Waals surface area contributed by atoms with Gasteiger partial charge in [0.2, 0.25) is 0 Å². The van der Waals surface area contributed by atoms with Gasteiger partial charge < -0.3 is 5.43 Å². The van der Waals surface area contributed by atoms with Crippen LogP contribution in [0.3, 0.4) is 0 Å². The number of nitrogens with one attached hydrogen (secondary N) is 1. The van der Waals surface area contributed by atoms with Gasteiger partial charge in [0.1, 0.15) is 0 Å². The second kappa shape index (κ2) is 1.60. The lowest BCUT2D eigenvalue weighted by molar-refractivity contribution is 0.822. The summed E-state index contributed by atoms with van der Waals surface area (Å²) in [5, 5.41) is 3.74. The van der Waals surface area contributed by atoms with Crippen LogP contribution < -0.4 is 5.43 Å². The molecule has 0 aromatic carbocycles. The summed E-state index contributed by atoms with van der Waals surface area (Å²) < 4.78 is 0. The molecule has 0 spiro atoms. The molecule has 3 heteroatoms. The average molecular weight is 149 g/mol. The van der Waals surface area contributed by atoms with Gasteiger partial charge in [-0.15, -0.1) is 0 Å². The van der Waals surface area contributed by atoms with E-state index in [2.05, 4.69) is 26.5 Å². The Morgan fingerprint density at radius 2 is 2.83 bits per heavy atom. The second-order valence-electron chi connectivity index (χ2n) is 1.16. The lowest BCUT2D eigenvalue weighted by Gasteiger charge is -1.86. The van der Waals surface area contributed by atoms with Crippen LogP contribution in [0, 0.1) is 0 Å². The molecule has 0 saturated heterocycles. The summed E-state index contributed by atoms with van der Waals surface area (Å²) in [4.78, 5) is 0.456. The number of hydrazone groups is 1. The number of rotatable bonds is 0. The third kappa shape index (κ3) is 0.712. The van der Waals surface area contributed by atoms with E-state index in [-0.39, 0.29) is 0 Å². The van der Waals surface area contributed by atoms with Crippen molar-refractivity contribution >= 4 is 22.1 Å². The van der Waals surface area contributed by atoms with Crippen LogP contribution in [0.25, 0.3) is 0 Å². The lowest BCUT2D eigenvalue weighted by atomic mass is 10.5. The highest BCUT2D eigenvalue weighted by Crippen LogP contribution is 1.96. The van der Waals surface area contributed by atoms with Crippen LogP contribution in [0.1, 0.15) is 0 Å². The Bertz CT molecular complexity index is 71.2. The van der Waals surface area contributed by atoms with Crippen LogP contribution >= 0.6 is 15.9 Å². The Morgan fingerprint density at radius 1 is 2.00 bits per heavy atom. The molecule has 0 aromatic rings. The van der Waals surface area contributed by atoms with Crippen LogP contribution in [0.5, 0.6) is 0 Å². The normalized spacial score (nSPS) is 30.5. The van der Waals surface area contributed by atoms with E-state index < -0.39 is 0 Å². The van der Waals surface area contributed by atoms with Crippen molar-refractivity contribution in [3.63, 3.8) is 0 Å². The van der Waals surface area contributed by atoms with E-state index in [4.69, 9.17) is 0 Å². The zero-order valence-corrected chi connectivity index (χ0v) is 4.77. The van der Waals surface area contributed by atoms with E-state index in [0.717, 1.165) is 6.54 Å². The number of nitrogens with zero attached hydrogens (tertiary/aromatic N) is 1. The number of hydrogen-bond donors (Lipinski definition) is 1. The quantitative estimate of drug-likeness (QED) is 0.493.